The first-order valence-electron chi connectivity index (χ1n) is 7.56. The van der Waals surface area contributed by atoms with Crippen LogP contribution in [0, 0.1) is 5.41 Å². The number of Topliss-reactive ketones (excluding diaryl/α,β-unsaturated/α-hetero) is 1. The molecule has 104 valence electrons. The van der Waals surface area contributed by atoms with E-state index in [0.29, 0.717) is 5.78 Å². The second kappa shape index (κ2) is 6.33. The van der Waals surface area contributed by atoms with Gasteiger partial charge < -0.3 is 5.32 Å². The van der Waals surface area contributed by atoms with Gasteiger partial charge in [-0.05, 0) is 37.8 Å². The topological polar surface area (TPSA) is 29.1 Å². The second-order valence-electron chi connectivity index (χ2n) is 5.69. The van der Waals surface area contributed by atoms with E-state index in [9.17, 15) is 4.79 Å². The minimum atomic E-state index is -0.176. The van der Waals surface area contributed by atoms with E-state index < -0.39 is 0 Å². The summed E-state index contributed by atoms with van der Waals surface area (Å²) in [4.78, 5) is 12.8. The Hall–Kier alpha value is -1.15. The van der Waals surface area contributed by atoms with E-state index in [2.05, 4.69) is 31.3 Å². The van der Waals surface area contributed by atoms with Gasteiger partial charge in [-0.1, -0.05) is 44.5 Å². The zero-order valence-electron chi connectivity index (χ0n) is 12.2. The number of hydrogen-bond donors (Lipinski definition) is 1. The lowest BCUT2D eigenvalue weighted by Gasteiger charge is -2.35. The normalized spacial score (nSPS) is 23.3. The third kappa shape index (κ3) is 3.06. The third-order valence-corrected chi connectivity index (χ3v) is 4.39. The first kappa shape index (κ1) is 14.3. The van der Waals surface area contributed by atoms with Crippen molar-refractivity contribution in [3.8, 4) is 0 Å². The van der Waals surface area contributed by atoms with Gasteiger partial charge >= 0.3 is 0 Å². The van der Waals surface area contributed by atoms with Gasteiger partial charge in [0, 0.05) is 17.5 Å². The van der Waals surface area contributed by atoms with Crippen molar-refractivity contribution >= 4 is 5.78 Å². The molecule has 2 heteroatoms. The van der Waals surface area contributed by atoms with Gasteiger partial charge in [0.2, 0.25) is 0 Å². The predicted octanol–water partition coefficient (Wildman–Crippen LogP) is 3.60. The van der Waals surface area contributed by atoms with Crippen LogP contribution < -0.4 is 5.32 Å². The number of rotatable bonds is 5. The fourth-order valence-electron chi connectivity index (χ4n) is 3.04. The molecular weight excluding hydrogens is 234 g/mol. The monoisotopic (exact) mass is 259 g/mol. The van der Waals surface area contributed by atoms with E-state index in [1.807, 2.05) is 12.1 Å². The first-order valence-corrected chi connectivity index (χ1v) is 7.56. The Balaban J connectivity index is 2.17. The molecule has 1 aromatic rings. The minimum absolute atomic E-state index is 0.176. The Labute approximate surface area is 116 Å². The number of hydrogen-bond acceptors (Lipinski definition) is 2. The summed E-state index contributed by atoms with van der Waals surface area (Å²) >= 11 is 0. The van der Waals surface area contributed by atoms with Crippen molar-refractivity contribution in [3.05, 3.63) is 35.4 Å². The van der Waals surface area contributed by atoms with E-state index in [-0.39, 0.29) is 5.41 Å². The second-order valence-corrected chi connectivity index (χ2v) is 5.69. The third-order valence-electron chi connectivity index (χ3n) is 4.39. The fourth-order valence-corrected chi connectivity index (χ4v) is 3.04. The average molecular weight is 259 g/mol. The van der Waals surface area contributed by atoms with Crippen molar-refractivity contribution in [1.82, 2.24) is 5.32 Å². The standard InChI is InChI=1S/C17H25NO/c1-3-6-14-7-9-15(10-8-14)16(19)17(4-2)11-5-12-18-13-17/h7-10,18H,3-6,11-13H2,1-2H3. The molecule has 1 aliphatic rings. The van der Waals surface area contributed by atoms with Gasteiger partial charge in [-0.15, -0.1) is 0 Å². The first-order chi connectivity index (χ1) is 9.22. The molecule has 2 rings (SSSR count). The largest absolute Gasteiger partial charge is 0.316 e. The Bertz CT molecular complexity index is 415. The zero-order valence-corrected chi connectivity index (χ0v) is 12.2. The van der Waals surface area contributed by atoms with Crippen molar-refractivity contribution in [3.63, 3.8) is 0 Å². The molecule has 1 atom stereocenters. The van der Waals surface area contributed by atoms with Crippen molar-refractivity contribution < 1.29 is 4.79 Å². The lowest BCUT2D eigenvalue weighted by molar-refractivity contribution is 0.0730. The number of piperidine rings is 1. The van der Waals surface area contributed by atoms with Crippen LogP contribution >= 0.6 is 0 Å². The molecule has 0 aromatic heterocycles. The molecule has 1 heterocycles. The maximum atomic E-state index is 12.8. The van der Waals surface area contributed by atoms with Gasteiger partial charge in [-0.2, -0.15) is 0 Å². The number of nitrogens with one attached hydrogen (secondary N) is 1. The number of carbonyl (C=O) groups is 1. The molecule has 1 aromatic carbocycles. The Kier molecular flexibility index (Phi) is 4.76. The van der Waals surface area contributed by atoms with Crippen molar-refractivity contribution in [2.24, 2.45) is 5.41 Å². The van der Waals surface area contributed by atoms with Crippen LogP contribution in [0.1, 0.15) is 55.5 Å². The number of ketones is 1. The SMILES string of the molecule is CCCc1ccc(C(=O)C2(CC)CCCNC2)cc1. The van der Waals surface area contributed by atoms with Crippen LogP contribution in [-0.2, 0) is 6.42 Å². The highest BCUT2D eigenvalue weighted by molar-refractivity contribution is 6.00. The summed E-state index contributed by atoms with van der Waals surface area (Å²) in [5.74, 6) is 0.324. The smallest absolute Gasteiger partial charge is 0.170 e. The maximum Gasteiger partial charge on any atom is 0.170 e. The number of aryl methyl sites for hydroxylation is 1. The molecule has 2 nitrogen and oxygen atoms in total. The molecule has 0 aliphatic carbocycles. The minimum Gasteiger partial charge on any atom is -0.316 e. The van der Waals surface area contributed by atoms with E-state index in [1.54, 1.807) is 0 Å². The summed E-state index contributed by atoms with van der Waals surface area (Å²) in [5.41, 5.74) is 2.03. The Morgan fingerprint density at radius 3 is 2.53 bits per heavy atom. The summed E-state index contributed by atoms with van der Waals surface area (Å²) in [5, 5.41) is 3.39. The molecule has 1 fully saturated rings. The van der Waals surface area contributed by atoms with E-state index in [4.69, 9.17) is 0 Å². The molecule has 0 radical (unpaired) electrons. The zero-order chi connectivity index (χ0) is 13.7. The van der Waals surface area contributed by atoms with E-state index in [1.165, 1.54) is 5.56 Å². The molecule has 1 saturated heterocycles. The van der Waals surface area contributed by atoms with Crippen LogP contribution in [0.4, 0.5) is 0 Å². The molecule has 1 unspecified atom stereocenters. The number of benzene rings is 1. The summed E-state index contributed by atoms with van der Waals surface area (Å²) in [6.45, 7) is 6.19. The Morgan fingerprint density at radius 1 is 1.26 bits per heavy atom. The highest BCUT2D eigenvalue weighted by Crippen LogP contribution is 2.33. The molecule has 0 saturated carbocycles. The van der Waals surface area contributed by atoms with Crippen LogP contribution in [-0.4, -0.2) is 18.9 Å². The number of carbonyl (C=O) groups excluding carboxylic acids is 1. The van der Waals surface area contributed by atoms with Crippen molar-refractivity contribution in [2.75, 3.05) is 13.1 Å². The van der Waals surface area contributed by atoms with Gasteiger partial charge in [-0.25, -0.2) is 0 Å². The lowest BCUT2D eigenvalue weighted by Crippen LogP contribution is -2.45. The molecule has 19 heavy (non-hydrogen) atoms. The van der Waals surface area contributed by atoms with Gasteiger partial charge in [0.1, 0.15) is 0 Å². The highest BCUT2D eigenvalue weighted by atomic mass is 16.1. The molecular formula is C17H25NO. The average Bonchev–Trinajstić information content (AvgIpc) is 2.48. The molecule has 0 amide bonds. The van der Waals surface area contributed by atoms with Gasteiger partial charge in [0.05, 0.1) is 0 Å². The van der Waals surface area contributed by atoms with E-state index in [0.717, 1.165) is 50.8 Å². The van der Waals surface area contributed by atoms with Crippen LogP contribution in [0.5, 0.6) is 0 Å². The summed E-state index contributed by atoms with van der Waals surface area (Å²) < 4.78 is 0. The van der Waals surface area contributed by atoms with Crippen molar-refractivity contribution in [1.29, 1.82) is 0 Å². The van der Waals surface area contributed by atoms with Gasteiger partial charge in [0.15, 0.2) is 5.78 Å². The molecule has 0 bridgehead atoms. The molecule has 1 N–H and O–H groups in total. The quantitative estimate of drug-likeness (QED) is 0.819. The highest BCUT2D eigenvalue weighted by Gasteiger charge is 2.37. The molecule has 0 spiro atoms. The Morgan fingerprint density at radius 2 is 2.00 bits per heavy atom. The maximum absolute atomic E-state index is 12.8. The summed E-state index contributed by atoms with van der Waals surface area (Å²) in [6.07, 6.45) is 5.29. The van der Waals surface area contributed by atoms with E-state index >= 15 is 0 Å². The van der Waals surface area contributed by atoms with Crippen LogP contribution in [0.25, 0.3) is 0 Å². The van der Waals surface area contributed by atoms with Crippen LogP contribution in [0.3, 0.4) is 0 Å². The predicted molar refractivity (Wildman–Crippen MR) is 79.6 cm³/mol. The van der Waals surface area contributed by atoms with Crippen molar-refractivity contribution in [2.45, 2.75) is 46.0 Å². The fraction of sp³-hybridized carbons (Fsp3) is 0.588. The van der Waals surface area contributed by atoms with Gasteiger partial charge in [-0.3, -0.25) is 4.79 Å². The van der Waals surface area contributed by atoms with Crippen LogP contribution in [0.15, 0.2) is 24.3 Å². The van der Waals surface area contributed by atoms with Gasteiger partial charge in [0.25, 0.3) is 0 Å². The summed E-state index contributed by atoms with van der Waals surface area (Å²) in [7, 11) is 0. The summed E-state index contributed by atoms with van der Waals surface area (Å²) in [6, 6.07) is 8.24. The lowest BCUT2D eigenvalue weighted by atomic mass is 9.72. The van der Waals surface area contributed by atoms with Crippen LogP contribution in [0.2, 0.25) is 0 Å². The molecule has 1 aliphatic heterocycles.